The highest BCUT2D eigenvalue weighted by Gasteiger charge is 2.29. The highest BCUT2D eigenvalue weighted by atomic mass is 32.1. The Bertz CT molecular complexity index is 479. The number of amides is 1. The van der Waals surface area contributed by atoms with Crippen molar-refractivity contribution in [2.45, 2.75) is 51.0 Å². The van der Waals surface area contributed by atoms with Crippen LogP contribution in [-0.4, -0.2) is 34.9 Å². The summed E-state index contributed by atoms with van der Waals surface area (Å²) in [5.41, 5.74) is 6.78. The average molecular weight is 279 g/mol. The van der Waals surface area contributed by atoms with Gasteiger partial charge in [-0.1, -0.05) is 12.8 Å². The molecule has 2 aliphatic rings. The number of nitrogens with zero attached hydrogens (tertiary/aromatic N) is 2. The van der Waals surface area contributed by atoms with E-state index in [-0.39, 0.29) is 11.9 Å². The second kappa shape index (κ2) is 5.21. The zero-order chi connectivity index (χ0) is 13.4. The molecule has 1 saturated heterocycles. The van der Waals surface area contributed by atoms with Crippen molar-refractivity contribution in [3.05, 3.63) is 15.6 Å². The number of aryl methyl sites for hydroxylation is 1. The van der Waals surface area contributed by atoms with E-state index < -0.39 is 0 Å². The summed E-state index contributed by atoms with van der Waals surface area (Å²) in [6.45, 7) is 3.43. The smallest absolute Gasteiger partial charge is 0.265 e. The Morgan fingerprint density at radius 3 is 2.74 bits per heavy atom. The first-order valence-corrected chi connectivity index (χ1v) is 7.99. The Kier molecular flexibility index (Phi) is 3.58. The molecule has 1 aliphatic heterocycles. The molecule has 2 heterocycles. The first kappa shape index (κ1) is 13.1. The van der Waals surface area contributed by atoms with Crippen molar-refractivity contribution >= 4 is 17.2 Å². The molecule has 3 rings (SSSR count). The third kappa shape index (κ3) is 2.54. The van der Waals surface area contributed by atoms with E-state index in [1.54, 1.807) is 11.3 Å². The summed E-state index contributed by atoms with van der Waals surface area (Å²) < 4.78 is 0. The highest BCUT2D eigenvalue weighted by Crippen LogP contribution is 2.37. The lowest BCUT2D eigenvalue weighted by Crippen LogP contribution is -2.31. The Morgan fingerprint density at radius 2 is 2.11 bits per heavy atom. The highest BCUT2D eigenvalue weighted by molar-refractivity contribution is 7.13. The van der Waals surface area contributed by atoms with Crippen LogP contribution < -0.4 is 5.73 Å². The fraction of sp³-hybridized carbons (Fsp3) is 0.714. The van der Waals surface area contributed by atoms with Crippen molar-refractivity contribution in [1.29, 1.82) is 0 Å². The molecule has 1 atom stereocenters. The maximum Gasteiger partial charge on any atom is 0.265 e. The molecule has 2 N–H and O–H groups in total. The van der Waals surface area contributed by atoms with Crippen molar-refractivity contribution in [1.82, 2.24) is 9.88 Å². The van der Waals surface area contributed by atoms with Crippen LogP contribution in [0.2, 0.25) is 0 Å². The van der Waals surface area contributed by atoms with Crippen LogP contribution in [0, 0.1) is 6.92 Å². The van der Waals surface area contributed by atoms with Gasteiger partial charge in [0.2, 0.25) is 0 Å². The minimum Gasteiger partial charge on any atom is -0.336 e. The fourth-order valence-electron chi connectivity index (χ4n) is 3.08. The number of nitrogens with two attached hydrogens (primary N) is 1. The monoisotopic (exact) mass is 279 g/mol. The minimum atomic E-state index is 0.132. The van der Waals surface area contributed by atoms with E-state index in [9.17, 15) is 4.79 Å². The Hall–Kier alpha value is -0.940. The maximum absolute atomic E-state index is 12.5. The molecule has 1 aromatic rings. The summed E-state index contributed by atoms with van der Waals surface area (Å²) in [4.78, 5) is 19.8. The van der Waals surface area contributed by atoms with Gasteiger partial charge in [0.1, 0.15) is 4.88 Å². The van der Waals surface area contributed by atoms with Gasteiger partial charge in [-0.3, -0.25) is 4.79 Å². The second-order valence-electron chi connectivity index (χ2n) is 5.75. The number of aromatic nitrogens is 1. The molecule has 1 amide bonds. The number of thiazole rings is 1. The second-order valence-corrected chi connectivity index (χ2v) is 6.78. The average Bonchev–Trinajstić information content (AvgIpc) is 3.07. The molecule has 4 nitrogen and oxygen atoms in total. The summed E-state index contributed by atoms with van der Waals surface area (Å²) in [5.74, 6) is 0.721. The minimum absolute atomic E-state index is 0.132. The predicted molar refractivity (Wildman–Crippen MR) is 76.6 cm³/mol. The summed E-state index contributed by atoms with van der Waals surface area (Å²) in [7, 11) is 0. The van der Waals surface area contributed by atoms with Crippen LogP contribution in [-0.2, 0) is 0 Å². The lowest BCUT2D eigenvalue weighted by atomic mass is 10.1. The molecule has 0 unspecified atom stereocenters. The largest absolute Gasteiger partial charge is 0.336 e. The van der Waals surface area contributed by atoms with Gasteiger partial charge < -0.3 is 10.6 Å². The molecule has 19 heavy (non-hydrogen) atoms. The first-order valence-electron chi connectivity index (χ1n) is 7.17. The maximum atomic E-state index is 12.5. The first-order chi connectivity index (χ1) is 9.15. The molecular formula is C14H21N3OS. The van der Waals surface area contributed by atoms with E-state index in [0.29, 0.717) is 12.5 Å². The lowest BCUT2D eigenvalue weighted by Gasteiger charge is -2.14. The quantitative estimate of drug-likeness (QED) is 0.903. The zero-order valence-corrected chi connectivity index (χ0v) is 12.2. The Morgan fingerprint density at radius 1 is 1.37 bits per heavy atom. The van der Waals surface area contributed by atoms with Crippen LogP contribution in [0.4, 0.5) is 0 Å². The van der Waals surface area contributed by atoms with E-state index in [2.05, 4.69) is 4.98 Å². The normalized spacial score (nSPS) is 24.3. The Balaban J connectivity index is 1.78. The number of rotatable bonds is 2. The molecule has 1 aliphatic carbocycles. The zero-order valence-electron chi connectivity index (χ0n) is 11.4. The third-order valence-corrected chi connectivity index (χ3v) is 5.53. The summed E-state index contributed by atoms with van der Waals surface area (Å²) in [6, 6.07) is 0.145. The summed E-state index contributed by atoms with van der Waals surface area (Å²) >= 11 is 1.61. The van der Waals surface area contributed by atoms with Crippen molar-refractivity contribution in [3.8, 4) is 0 Å². The molecular weight excluding hydrogens is 258 g/mol. The van der Waals surface area contributed by atoms with E-state index in [0.717, 1.165) is 23.5 Å². The van der Waals surface area contributed by atoms with Crippen molar-refractivity contribution in [2.24, 2.45) is 5.73 Å². The molecule has 0 radical (unpaired) electrons. The fourth-order valence-corrected chi connectivity index (χ4v) is 4.28. The predicted octanol–water partition coefficient (Wildman–Crippen LogP) is 2.28. The molecule has 1 aromatic heterocycles. The standard InChI is InChI=1S/C14H21N3OS/c1-9-12(14(18)17-7-6-11(15)8-17)19-13(16-9)10-4-2-3-5-10/h10-11H,2-8,15H2,1H3/t11-/m1/s1. The van der Waals surface area contributed by atoms with E-state index in [4.69, 9.17) is 5.73 Å². The number of carbonyl (C=O) groups is 1. The van der Waals surface area contributed by atoms with Gasteiger partial charge in [-0.05, 0) is 26.2 Å². The van der Waals surface area contributed by atoms with Gasteiger partial charge in [-0.25, -0.2) is 4.98 Å². The summed E-state index contributed by atoms with van der Waals surface area (Å²) in [6.07, 6.45) is 5.98. The molecule has 0 spiro atoms. The van der Waals surface area contributed by atoms with Gasteiger partial charge in [-0.15, -0.1) is 11.3 Å². The van der Waals surface area contributed by atoms with Crippen molar-refractivity contribution in [2.75, 3.05) is 13.1 Å². The molecule has 5 heteroatoms. The van der Waals surface area contributed by atoms with Crippen LogP contribution in [0.1, 0.15) is 58.4 Å². The third-order valence-electron chi connectivity index (χ3n) is 4.22. The van der Waals surface area contributed by atoms with Crippen LogP contribution in [0.15, 0.2) is 0 Å². The lowest BCUT2D eigenvalue weighted by molar-refractivity contribution is 0.0794. The van der Waals surface area contributed by atoms with E-state index in [1.807, 2.05) is 11.8 Å². The Labute approximate surface area is 118 Å². The van der Waals surface area contributed by atoms with Gasteiger partial charge in [0.15, 0.2) is 0 Å². The van der Waals surface area contributed by atoms with Gasteiger partial charge in [0.05, 0.1) is 10.7 Å². The van der Waals surface area contributed by atoms with Gasteiger partial charge in [0, 0.05) is 25.0 Å². The molecule has 2 fully saturated rings. The van der Waals surface area contributed by atoms with E-state index in [1.165, 1.54) is 30.7 Å². The summed E-state index contributed by atoms with van der Waals surface area (Å²) in [5, 5.41) is 1.17. The van der Waals surface area contributed by atoms with Gasteiger partial charge in [0.25, 0.3) is 5.91 Å². The number of hydrogen-bond donors (Lipinski definition) is 1. The van der Waals surface area contributed by atoms with Crippen molar-refractivity contribution in [3.63, 3.8) is 0 Å². The van der Waals surface area contributed by atoms with E-state index >= 15 is 0 Å². The van der Waals surface area contributed by atoms with Gasteiger partial charge >= 0.3 is 0 Å². The number of hydrogen-bond acceptors (Lipinski definition) is 4. The number of carbonyl (C=O) groups excluding carboxylic acids is 1. The van der Waals surface area contributed by atoms with Crippen molar-refractivity contribution < 1.29 is 4.79 Å². The SMILES string of the molecule is Cc1nc(C2CCCC2)sc1C(=O)N1CC[C@@H](N)C1. The molecule has 104 valence electrons. The van der Waals surface area contributed by atoms with Crippen LogP contribution in [0.5, 0.6) is 0 Å². The van der Waals surface area contributed by atoms with Crippen LogP contribution in [0.3, 0.4) is 0 Å². The van der Waals surface area contributed by atoms with Crippen LogP contribution >= 0.6 is 11.3 Å². The van der Waals surface area contributed by atoms with Crippen LogP contribution in [0.25, 0.3) is 0 Å². The molecule has 0 aromatic carbocycles. The number of likely N-dealkylation sites (tertiary alicyclic amines) is 1. The topological polar surface area (TPSA) is 59.2 Å². The molecule has 0 bridgehead atoms. The van der Waals surface area contributed by atoms with Gasteiger partial charge in [-0.2, -0.15) is 0 Å². The molecule has 1 saturated carbocycles.